The molecular weight excluding hydrogens is 270 g/mol. The quantitative estimate of drug-likeness (QED) is 0.782. The Morgan fingerprint density at radius 3 is 2.62 bits per heavy atom. The smallest absolute Gasteiger partial charge is 0.242 e. The van der Waals surface area contributed by atoms with Gasteiger partial charge in [-0.25, -0.2) is 0 Å². The molecule has 21 heavy (non-hydrogen) atoms. The van der Waals surface area contributed by atoms with E-state index >= 15 is 0 Å². The maximum atomic E-state index is 13.0. The van der Waals surface area contributed by atoms with Gasteiger partial charge in [0.05, 0.1) is 18.6 Å². The number of piperidine rings is 1. The zero-order valence-corrected chi connectivity index (χ0v) is 12.8. The summed E-state index contributed by atoms with van der Waals surface area (Å²) in [6.07, 6.45) is 3.82. The number of carbonyl (C=O) groups is 2. The first-order valence-electron chi connectivity index (χ1n) is 7.95. The van der Waals surface area contributed by atoms with E-state index in [1.165, 1.54) is 0 Å². The van der Waals surface area contributed by atoms with Gasteiger partial charge in [0.2, 0.25) is 11.8 Å². The van der Waals surface area contributed by atoms with E-state index in [-0.39, 0.29) is 18.4 Å². The molecule has 6 heteroatoms. The fourth-order valence-corrected chi connectivity index (χ4v) is 3.57. The van der Waals surface area contributed by atoms with Crippen molar-refractivity contribution in [1.82, 2.24) is 15.1 Å². The van der Waals surface area contributed by atoms with Gasteiger partial charge in [-0.15, -0.1) is 0 Å². The summed E-state index contributed by atoms with van der Waals surface area (Å²) in [4.78, 5) is 28.9. The third-order valence-corrected chi connectivity index (χ3v) is 4.97. The van der Waals surface area contributed by atoms with E-state index in [1.807, 2.05) is 4.90 Å². The van der Waals surface area contributed by atoms with E-state index in [9.17, 15) is 9.59 Å². The lowest BCUT2D eigenvalue weighted by atomic mass is 9.78. The van der Waals surface area contributed by atoms with Crippen molar-refractivity contribution < 1.29 is 14.3 Å². The Balaban J connectivity index is 1.67. The van der Waals surface area contributed by atoms with Gasteiger partial charge < -0.3 is 19.9 Å². The van der Waals surface area contributed by atoms with Gasteiger partial charge in [0.1, 0.15) is 0 Å². The van der Waals surface area contributed by atoms with Crippen molar-refractivity contribution in [2.45, 2.75) is 31.7 Å². The third kappa shape index (κ3) is 2.92. The molecule has 118 valence electrons. The standard InChI is InChI=1S/C15H25N3O3/c1-21-11-15(4-6-16-7-5-15)14(20)17-8-9-18(12-2-3-12)13(19)10-17/h12,16H,2-11H2,1H3. The molecule has 1 aliphatic carbocycles. The number of hydrogen-bond donors (Lipinski definition) is 1. The molecule has 2 heterocycles. The Morgan fingerprint density at radius 2 is 2.05 bits per heavy atom. The van der Waals surface area contributed by atoms with Crippen LogP contribution in [0.1, 0.15) is 25.7 Å². The molecule has 2 amide bonds. The molecule has 3 rings (SSSR count). The molecular formula is C15H25N3O3. The number of methoxy groups -OCH3 is 1. The van der Waals surface area contributed by atoms with Gasteiger partial charge in [-0.3, -0.25) is 9.59 Å². The Hall–Kier alpha value is -1.14. The highest BCUT2D eigenvalue weighted by molar-refractivity contribution is 5.89. The van der Waals surface area contributed by atoms with Crippen molar-refractivity contribution in [2.24, 2.45) is 5.41 Å². The minimum atomic E-state index is -0.442. The second kappa shape index (κ2) is 5.93. The monoisotopic (exact) mass is 295 g/mol. The predicted molar refractivity (Wildman–Crippen MR) is 77.7 cm³/mol. The molecule has 0 bridgehead atoms. The van der Waals surface area contributed by atoms with Crippen molar-refractivity contribution in [3.05, 3.63) is 0 Å². The number of rotatable bonds is 4. The molecule has 1 N–H and O–H groups in total. The van der Waals surface area contributed by atoms with E-state index in [2.05, 4.69) is 5.32 Å². The van der Waals surface area contributed by atoms with E-state index in [0.29, 0.717) is 25.7 Å². The number of nitrogens with one attached hydrogen (secondary N) is 1. The van der Waals surface area contributed by atoms with Gasteiger partial charge in [-0.05, 0) is 38.8 Å². The summed E-state index contributed by atoms with van der Waals surface area (Å²) in [5, 5.41) is 3.29. The number of nitrogens with zero attached hydrogens (tertiary/aromatic N) is 2. The summed E-state index contributed by atoms with van der Waals surface area (Å²) in [5.74, 6) is 0.216. The number of amides is 2. The normalized spacial score (nSPS) is 26.0. The van der Waals surface area contributed by atoms with Gasteiger partial charge in [0.15, 0.2) is 0 Å². The van der Waals surface area contributed by atoms with Crippen molar-refractivity contribution in [3.8, 4) is 0 Å². The molecule has 0 unspecified atom stereocenters. The molecule has 6 nitrogen and oxygen atoms in total. The first-order valence-corrected chi connectivity index (χ1v) is 7.95. The summed E-state index contributed by atoms with van der Waals surface area (Å²) >= 11 is 0. The second-order valence-corrected chi connectivity index (χ2v) is 6.51. The van der Waals surface area contributed by atoms with Gasteiger partial charge >= 0.3 is 0 Å². The van der Waals surface area contributed by atoms with Crippen LogP contribution in [-0.2, 0) is 14.3 Å². The Morgan fingerprint density at radius 1 is 1.33 bits per heavy atom. The average molecular weight is 295 g/mol. The summed E-state index contributed by atoms with van der Waals surface area (Å²) in [5.41, 5.74) is -0.442. The molecule has 0 radical (unpaired) electrons. The summed E-state index contributed by atoms with van der Waals surface area (Å²) in [6.45, 7) is 3.73. The molecule has 0 spiro atoms. The minimum Gasteiger partial charge on any atom is -0.384 e. The first-order chi connectivity index (χ1) is 10.2. The lowest BCUT2D eigenvalue weighted by Gasteiger charge is -2.42. The number of ether oxygens (including phenoxy) is 1. The highest BCUT2D eigenvalue weighted by Crippen LogP contribution is 2.33. The molecule has 3 fully saturated rings. The SMILES string of the molecule is COCC1(C(=O)N2CCN(C3CC3)C(=O)C2)CCNCC1. The van der Waals surface area contributed by atoms with E-state index in [4.69, 9.17) is 4.74 Å². The number of hydrogen-bond acceptors (Lipinski definition) is 4. The van der Waals surface area contributed by atoms with E-state index in [0.717, 1.165) is 38.8 Å². The number of piperazine rings is 1. The topological polar surface area (TPSA) is 61.9 Å². The number of carbonyl (C=O) groups excluding carboxylic acids is 2. The van der Waals surface area contributed by atoms with Gasteiger partial charge in [-0.2, -0.15) is 0 Å². The molecule has 0 aromatic heterocycles. The third-order valence-electron chi connectivity index (χ3n) is 4.97. The van der Waals surface area contributed by atoms with Crippen molar-refractivity contribution in [3.63, 3.8) is 0 Å². The van der Waals surface area contributed by atoms with Crippen molar-refractivity contribution in [2.75, 3.05) is 46.4 Å². The van der Waals surface area contributed by atoms with Crippen LogP contribution in [0.5, 0.6) is 0 Å². The fourth-order valence-electron chi connectivity index (χ4n) is 3.57. The summed E-state index contributed by atoms with van der Waals surface area (Å²) < 4.78 is 5.32. The van der Waals surface area contributed by atoms with Crippen LogP contribution in [0.3, 0.4) is 0 Å². The summed E-state index contributed by atoms with van der Waals surface area (Å²) in [7, 11) is 1.65. The minimum absolute atomic E-state index is 0.106. The molecule has 1 saturated carbocycles. The highest BCUT2D eigenvalue weighted by Gasteiger charge is 2.45. The van der Waals surface area contributed by atoms with Crippen LogP contribution in [0.2, 0.25) is 0 Å². The largest absolute Gasteiger partial charge is 0.384 e. The predicted octanol–water partition coefficient (Wildman–Crippen LogP) is -0.164. The highest BCUT2D eigenvalue weighted by atomic mass is 16.5. The Kier molecular flexibility index (Phi) is 4.17. The summed E-state index contributed by atoms with van der Waals surface area (Å²) in [6, 6.07) is 0.446. The molecule has 0 atom stereocenters. The molecule has 0 aromatic rings. The van der Waals surface area contributed by atoms with E-state index < -0.39 is 5.41 Å². The van der Waals surface area contributed by atoms with Crippen LogP contribution in [0.4, 0.5) is 0 Å². The second-order valence-electron chi connectivity index (χ2n) is 6.51. The van der Waals surface area contributed by atoms with Crippen LogP contribution < -0.4 is 5.32 Å². The van der Waals surface area contributed by atoms with Crippen molar-refractivity contribution in [1.29, 1.82) is 0 Å². The fraction of sp³-hybridized carbons (Fsp3) is 0.867. The first kappa shape index (κ1) is 14.8. The van der Waals surface area contributed by atoms with Crippen molar-refractivity contribution >= 4 is 11.8 Å². The lowest BCUT2D eigenvalue weighted by Crippen LogP contribution is -2.58. The van der Waals surface area contributed by atoms with Crippen LogP contribution in [-0.4, -0.2) is 74.1 Å². The molecule has 0 aromatic carbocycles. The average Bonchev–Trinajstić information content (AvgIpc) is 3.32. The lowest BCUT2D eigenvalue weighted by molar-refractivity contribution is -0.155. The van der Waals surface area contributed by atoms with Gasteiger partial charge in [-0.1, -0.05) is 0 Å². The van der Waals surface area contributed by atoms with Crippen LogP contribution >= 0.6 is 0 Å². The zero-order valence-electron chi connectivity index (χ0n) is 12.8. The maximum Gasteiger partial charge on any atom is 0.242 e. The van der Waals surface area contributed by atoms with Gasteiger partial charge in [0.25, 0.3) is 0 Å². The van der Waals surface area contributed by atoms with E-state index in [1.54, 1.807) is 12.0 Å². The Labute approximate surface area is 125 Å². The maximum absolute atomic E-state index is 13.0. The van der Waals surface area contributed by atoms with Crippen LogP contribution in [0, 0.1) is 5.41 Å². The Bertz CT molecular complexity index is 411. The van der Waals surface area contributed by atoms with Crippen LogP contribution in [0.15, 0.2) is 0 Å². The zero-order chi connectivity index (χ0) is 14.9. The molecule has 3 aliphatic rings. The molecule has 2 aliphatic heterocycles. The van der Waals surface area contributed by atoms with Gasteiger partial charge in [0, 0.05) is 26.2 Å². The molecule has 2 saturated heterocycles. The van der Waals surface area contributed by atoms with Crippen LogP contribution in [0.25, 0.3) is 0 Å².